The van der Waals surface area contributed by atoms with Crippen LogP contribution in [0, 0.1) is 5.92 Å². The van der Waals surface area contributed by atoms with E-state index in [2.05, 4.69) is 43.2 Å². The molecule has 0 bridgehead atoms. The first-order valence-electron chi connectivity index (χ1n) is 8.15. The summed E-state index contributed by atoms with van der Waals surface area (Å²) in [5.74, 6) is 1.28. The summed E-state index contributed by atoms with van der Waals surface area (Å²) in [4.78, 5) is 4.45. The quantitative estimate of drug-likeness (QED) is 0.542. The fraction of sp³-hybridized carbons (Fsp3) is 0.611. The fourth-order valence-electron chi connectivity index (χ4n) is 2.38. The number of methoxy groups -OCH3 is 1. The minimum absolute atomic E-state index is 0.358. The summed E-state index contributed by atoms with van der Waals surface area (Å²) in [6, 6.07) is 8.52. The van der Waals surface area contributed by atoms with Crippen molar-refractivity contribution in [2.45, 2.75) is 59.2 Å². The molecule has 0 saturated carbocycles. The van der Waals surface area contributed by atoms with Crippen LogP contribution in [0.25, 0.3) is 0 Å². The van der Waals surface area contributed by atoms with Crippen molar-refractivity contribution >= 4 is 5.96 Å². The predicted octanol–water partition coefficient (Wildman–Crippen LogP) is 3.45. The van der Waals surface area contributed by atoms with E-state index < -0.39 is 0 Å². The van der Waals surface area contributed by atoms with Crippen LogP contribution >= 0.6 is 0 Å². The van der Waals surface area contributed by atoms with Crippen LogP contribution in [0.2, 0.25) is 0 Å². The highest BCUT2D eigenvalue weighted by Crippen LogP contribution is 2.11. The summed E-state index contributed by atoms with van der Waals surface area (Å²) in [5.41, 5.74) is 8.30. The third-order valence-electron chi connectivity index (χ3n) is 3.65. The number of nitrogens with zero attached hydrogens (tertiary/aromatic N) is 1. The van der Waals surface area contributed by atoms with E-state index in [9.17, 15) is 0 Å². The Hall–Kier alpha value is -1.55. The molecule has 0 aliphatic heterocycles. The second-order valence-corrected chi connectivity index (χ2v) is 6.27. The van der Waals surface area contributed by atoms with Gasteiger partial charge in [-0.1, -0.05) is 51.0 Å². The molecule has 0 spiro atoms. The smallest absolute Gasteiger partial charge is 0.189 e. The topological polar surface area (TPSA) is 59.6 Å². The number of nitrogens with two attached hydrogens (primary N) is 1. The lowest BCUT2D eigenvalue weighted by atomic mass is 10.0. The van der Waals surface area contributed by atoms with Crippen LogP contribution in [0.4, 0.5) is 0 Å². The average Bonchev–Trinajstić information content (AvgIpc) is 2.46. The number of rotatable bonds is 9. The zero-order valence-corrected chi connectivity index (χ0v) is 14.4. The van der Waals surface area contributed by atoms with E-state index in [0.29, 0.717) is 25.2 Å². The van der Waals surface area contributed by atoms with Crippen molar-refractivity contribution in [1.29, 1.82) is 0 Å². The molecule has 0 fully saturated rings. The summed E-state index contributed by atoms with van der Waals surface area (Å²) < 4.78 is 5.21. The first-order valence-corrected chi connectivity index (χ1v) is 8.15. The molecule has 4 heteroatoms. The molecule has 22 heavy (non-hydrogen) atoms. The van der Waals surface area contributed by atoms with E-state index >= 15 is 0 Å². The normalized spacial score (nSPS) is 13.4. The van der Waals surface area contributed by atoms with Gasteiger partial charge in [0.1, 0.15) is 0 Å². The Morgan fingerprint density at radius 3 is 2.50 bits per heavy atom. The predicted molar refractivity (Wildman–Crippen MR) is 93.8 cm³/mol. The van der Waals surface area contributed by atoms with Gasteiger partial charge >= 0.3 is 0 Å². The minimum atomic E-state index is 0.358. The van der Waals surface area contributed by atoms with Gasteiger partial charge in [0, 0.05) is 13.2 Å². The summed E-state index contributed by atoms with van der Waals surface area (Å²) in [7, 11) is 1.70. The number of ether oxygens (including phenoxy) is 1. The zero-order chi connectivity index (χ0) is 16.4. The monoisotopic (exact) mass is 305 g/mol. The molecule has 124 valence electrons. The van der Waals surface area contributed by atoms with Gasteiger partial charge < -0.3 is 15.8 Å². The van der Waals surface area contributed by atoms with E-state index in [1.54, 1.807) is 7.11 Å². The van der Waals surface area contributed by atoms with E-state index in [-0.39, 0.29) is 0 Å². The molecule has 1 aromatic carbocycles. The largest absolute Gasteiger partial charge is 0.380 e. The summed E-state index contributed by atoms with van der Waals surface area (Å²) >= 11 is 0. The van der Waals surface area contributed by atoms with Crippen LogP contribution in [0.15, 0.2) is 29.3 Å². The van der Waals surface area contributed by atoms with Gasteiger partial charge in [-0.25, -0.2) is 4.99 Å². The average molecular weight is 305 g/mol. The maximum atomic E-state index is 5.99. The molecule has 4 nitrogen and oxygen atoms in total. The number of guanidine groups is 1. The van der Waals surface area contributed by atoms with Crippen LogP contribution < -0.4 is 11.1 Å². The maximum absolute atomic E-state index is 5.99. The van der Waals surface area contributed by atoms with Crippen molar-refractivity contribution in [1.82, 2.24) is 5.32 Å². The van der Waals surface area contributed by atoms with E-state index in [0.717, 1.165) is 23.5 Å². The lowest BCUT2D eigenvalue weighted by molar-refractivity contribution is 0.184. The Labute approximate surface area is 135 Å². The number of hydrogen-bond donors (Lipinski definition) is 2. The summed E-state index contributed by atoms with van der Waals surface area (Å²) in [6.07, 6.45) is 3.60. The Bertz CT molecular complexity index is 457. The molecule has 0 aliphatic rings. The standard InChI is InChI=1S/C18H31N3O/c1-14(2)8-7-9-15(3)21-18(19)20-12-16-10-5-6-11-17(16)13-22-4/h5-6,10-11,14-15H,7-9,12-13H2,1-4H3,(H3,19,20,21). The highest BCUT2D eigenvalue weighted by molar-refractivity contribution is 5.78. The molecule has 0 heterocycles. The van der Waals surface area contributed by atoms with Crippen molar-refractivity contribution in [3.8, 4) is 0 Å². The lowest BCUT2D eigenvalue weighted by Gasteiger charge is -2.15. The Kier molecular flexibility index (Phi) is 8.60. The van der Waals surface area contributed by atoms with E-state index in [1.807, 2.05) is 12.1 Å². The van der Waals surface area contributed by atoms with Crippen molar-refractivity contribution in [3.05, 3.63) is 35.4 Å². The molecule has 0 aliphatic carbocycles. The zero-order valence-electron chi connectivity index (χ0n) is 14.4. The van der Waals surface area contributed by atoms with Gasteiger partial charge in [-0.3, -0.25) is 0 Å². The number of hydrogen-bond acceptors (Lipinski definition) is 2. The van der Waals surface area contributed by atoms with Gasteiger partial charge in [-0.05, 0) is 30.4 Å². The maximum Gasteiger partial charge on any atom is 0.189 e. The van der Waals surface area contributed by atoms with Crippen LogP contribution in [0.5, 0.6) is 0 Å². The number of benzene rings is 1. The van der Waals surface area contributed by atoms with Gasteiger partial charge in [0.25, 0.3) is 0 Å². The molecule has 1 atom stereocenters. The van der Waals surface area contributed by atoms with Crippen molar-refractivity contribution in [3.63, 3.8) is 0 Å². The molecule has 1 unspecified atom stereocenters. The van der Waals surface area contributed by atoms with Crippen molar-refractivity contribution < 1.29 is 4.74 Å². The third kappa shape index (κ3) is 7.46. The summed E-state index contributed by atoms with van der Waals surface area (Å²) in [5, 5.41) is 3.27. The molecule has 1 rings (SSSR count). The molecular formula is C18H31N3O. The lowest BCUT2D eigenvalue weighted by Crippen LogP contribution is -2.38. The minimum Gasteiger partial charge on any atom is -0.380 e. The van der Waals surface area contributed by atoms with Gasteiger partial charge in [0.15, 0.2) is 5.96 Å². The van der Waals surface area contributed by atoms with Crippen molar-refractivity contribution in [2.75, 3.05) is 7.11 Å². The second-order valence-electron chi connectivity index (χ2n) is 6.27. The first-order chi connectivity index (χ1) is 10.5. The first kappa shape index (κ1) is 18.5. The number of nitrogens with one attached hydrogen (secondary N) is 1. The van der Waals surface area contributed by atoms with Gasteiger partial charge in [0.2, 0.25) is 0 Å². The molecule has 3 N–H and O–H groups in total. The van der Waals surface area contributed by atoms with Gasteiger partial charge in [-0.2, -0.15) is 0 Å². The fourth-order valence-corrected chi connectivity index (χ4v) is 2.38. The second kappa shape index (κ2) is 10.2. The Morgan fingerprint density at radius 1 is 1.18 bits per heavy atom. The summed E-state index contributed by atoms with van der Waals surface area (Å²) in [6.45, 7) is 7.85. The molecule has 0 radical (unpaired) electrons. The molecular weight excluding hydrogens is 274 g/mol. The van der Waals surface area contributed by atoms with Crippen molar-refractivity contribution in [2.24, 2.45) is 16.6 Å². The molecule has 0 amide bonds. The molecule has 0 saturated heterocycles. The SMILES string of the molecule is COCc1ccccc1CN=C(N)NC(C)CCCC(C)C. The highest BCUT2D eigenvalue weighted by atomic mass is 16.5. The Balaban J connectivity index is 2.45. The van der Waals surface area contributed by atoms with Gasteiger partial charge in [-0.15, -0.1) is 0 Å². The highest BCUT2D eigenvalue weighted by Gasteiger charge is 2.05. The molecule has 1 aromatic rings. The van der Waals surface area contributed by atoms with Gasteiger partial charge in [0.05, 0.1) is 13.2 Å². The van der Waals surface area contributed by atoms with Crippen LogP contribution in [-0.2, 0) is 17.9 Å². The molecule has 0 aromatic heterocycles. The van der Waals surface area contributed by atoms with Crippen LogP contribution in [-0.4, -0.2) is 19.1 Å². The number of aliphatic imine (C=N–C) groups is 1. The Morgan fingerprint density at radius 2 is 1.86 bits per heavy atom. The van der Waals surface area contributed by atoms with E-state index in [4.69, 9.17) is 10.5 Å². The van der Waals surface area contributed by atoms with E-state index in [1.165, 1.54) is 12.8 Å². The van der Waals surface area contributed by atoms with Crippen LogP contribution in [0.3, 0.4) is 0 Å². The van der Waals surface area contributed by atoms with Crippen LogP contribution in [0.1, 0.15) is 51.2 Å². The third-order valence-corrected chi connectivity index (χ3v) is 3.65.